The van der Waals surface area contributed by atoms with Crippen molar-refractivity contribution in [3.8, 4) is 0 Å². The van der Waals surface area contributed by atoms with Gasteiger partial charge in [-0.2, -0.15) is 0 Å². The fourth-order valence-corrected chi connectivity index (χ4v) is 18.3. The molecule has 0 aliphatic rings. The molecule has 0 aliphatic heterocycles. The second kappa shape index (κ2) is 17.2. The number of carbonyl (C=O) groups excluding carboxylic acids is 1. The van der Waals surface area contributed by atoms with E-state index in [9.17, 15) is 4.79 Å². The monoisotopic (exact) mass is 562 g/mol. The molecule has 0 aliphatic carbocycles. The zero-order chi connectivity index (χ0) is 27.7. The third-order valence-corrected chi connectivity index (χ3v) is 22.1. The van der Waals surface area contributed by atoms with Crippen LogP contribution in [0.15, 0.2) is 73.7 Å². The van der Waals surface area contributed by atoms with Crippen molar-refractivity contribution in [2.45, 2.75) is 88.1 Å². The largest absolute Gasteiger partial charge is 0.508 e. The predicted molar refractivity (Wildman–Crippen MR) is 172 cm³/mol. The molecule has 0 rings (SSSR count). The van der Waals surface area contributed by atoms with Crippen molar-refractivity contribution in [1.29, 1.82) is 0 Å². The van der Waals surface area contributed by atoms with Gasteiger partial charge in [-0.15, -0.1) is 39.5 Å². The van der Waals surface area contributed by atoms with Crippen molar-refractivity contribution in [2.75, 3.05) is 13.2 Å². The molecule has 3 nitrogen and oxygen atoms in total. The molecule has 0 bridgehead atoms. The Balaban J connectivity index is 4.05. The fourth-order valence-electron chi connectivity index (χ4n) is 4.24. The van der Waals surface area contributed by atoms with Gasteiger partial charge in [-0.1, -0.05) is 97.4 Å². The Morgan fingerprint density at radius 2 is 0.833 bits per heavy atom. The molecular formula is C29H54O3Si4. The molecule has 7 heteroatoms. The molecule has 0 radical (unpaired) electrons. The number of rotatable bonds is 22. The van der Waals surface area contributed by atoms with Gasteiger partial charge in [-0.05, 0) is 24.9 Å². The smallest absolute Gasteiger partial charge is 0.434 e. The molecule has 0 aromatic rings. The molecule has 0 aromatic heterocycles. The summed E-state index contributed by atoms with van der Waals surface area (Å²) >= 11 is 0. The lowest BCUT2D eigenvalue weighted by Crippen LogP contribution is -2.33. The van der Waals surface area contributed by atoms with Crippen LogP contribution in [-0.2, 0) is 9.47 Å². The molecule has 204 valence electrons. The predicted octanol–water partition coefficient (Wildman–Crippen LogP) is 9.37. The molecule has 0 N–H and O–H groups in total. The molecule has 0 unspecified atom stereocenters. The molecular weight excluding hydrogens is 509 g/mol. The topological polar surface area (TPSA) is 35.5 Å². The van der Waals surface area contributed by atoms with Gasteiger partial charge >= 0.3 is 6.16 Å². The third-order valence-electron chi connectivity index (χ3n) is 7.69. The Kier molecular flexibility index (Phi) is 16.5. The lowest BCUT2D eigenvalue weighted by atomic mass is 10.3. The summed E-state index contributed by atoms with van der Waals surface area (Å²) in [5, 5.41) is 0. The first kappa shape index (κ1) is 34.6. The maximum absolute atomic E-state index is 11.9. The number of hydrogen-bond acceptors (Lipinski definition) is 3. The van der Waals surface area contributed by atoms with Crippen LogP contribution in [0, 0.1) is 0 Å². The van der Waals surface area contributed by atoms with Crippen molar-refractivity contribution >= 4 is 38.5 Å². The summed E-state index contributed by atoms with van der Waals surface area (Å²) in [7, 11) is -6.01. The van der Waals surface area contributed by atoms with Crippen molar-refractivity contribution in [1.82, 2.24) is 0 Å². The summed E-state index contributed by atoms with van der Waals surface area (Å²) in [6.45, 7) is 34.7. The summed E-state index contributed by atoms with van der Waals surface area (Å²) in [4.78, 5) is 11.9. The van der Waals surface area contributed by atoms with E-state index in [-0.39, 0.29) is 0 Å². The van der Waals surface area contributed by atoms with Crippen LogP contribution in [0.1, 0.15) is 25.7 Å². The first-order valence-corrected chi connectivity index (χ1v) is 25.2. The number of unbranched alkanes of at least 4 members (excludes halogenated alkanes) is 2. The van der Waals surface area contributed by atoms with Crippen molar-refractivity contribution in [3.63, 3.8) is 0 Å². The second-order valence-electron chi connectivity index (χ2n) is 11.6. The summed E-state index contributed by atoms with van der Waals surface area (Å²) in [5.41, 5.74) is 12.5. The van der Waals surface area contributed by atoms with Crippen molar-refractivity contribution in [3.05, 3.63) is 73.7 Å². The lowest BCUT2D eigenvalue weighted by Gasteiger charge is -2.27. The quantitative estimate of drug-likeness (QED) is 0.0749. The highest BCUT2D eigenvalue weighted by molar-refractivity contribution is 6.95. The first-order chi connectivity index (χ1) is 16.9. The summed E-state index contributed by atoms with van der Waals surface area (Å²) in [6.07, 6.45) is 3.43. The van der Waals surface area contributed by atoms with Crippen LogP contribution < -0.4 is 0 Å². The van der Waals surface area contributed by atoms with Gasteiger partial charge < -0.3 is 9.47 Å². The third kappa shape index (κ3) is 13.8. The van der Waals surface area contributed by atoms with Crippen molar-refractivity contribution in [2.24, 2.45) is 0 Å². The second-order valence-corrected chi connectivity index (χ2v) is 30.2. The van der Waals surface area contributed by atoms with Gasteiger partial charge in [0, 0.05) is 16.1 Å². The highest BCUT2D eigenvalue weighted by atomic mass is 28.3. The Morgan fingerprint density at radius 1 is 0.528 bits per heavy atom. The fraction of sp³-hybridized carbons (Fsp3) is 0.552. The Hall–Kier alpha value is -1.42. The maximum Gasteiger partial charge on any atom is 0.508 e. The van der Waals surface area contributed by atoms with Crippen LogP contribution in [-0.4, -0.2) is 51.7 Å². The van der Waals surface area contributed by atoms with E-state index >= 15 is 0 Å². The van der Waals surface area contributed by atoms with E-state index in [4.69, 9.17) is 9.47 Å². The molecule has 0 amide bonds. The SMILES string of the molecule is C=C[Si](C=C)(C=C)CC[Si](C)(C)CCCCOC(=O)OCCCC[Si](C)(C)CC[Si](C=C)(C=C)C=C. The molecule has 0 heterocycles. The summed E-state index contributed by atoms with van der Waals surface area (Å²) < 4.78 is 10.6. The molecule has 0 spiro atoms. The molecule has 0 aromatic carbocycles. The Labute approximate surface area is 227 Å². The van der Waals surface area contributed by atoms with Gasteiger partial charge in [0.05, 0.1) is 13.2 Å². The van der Waals surface area contributed by atoms with E-state index in [2.05, 4.69) is 99.9 Å². The average molecular weight is 563 g/mol. The normalized spacial score (nSPS) is 12.3. The van der Waals surface area contributed by atoms with Gasteiger partial charge in [-0.25, -0.2) is 4.79 Å². The van der Waals surface area contributed by atoms with Gasteiger partial charge in [-0.3, -0.25) is 0 Å². The summed E-state index contributed by atoms with van der Waals surface area (Å²) in [6, 6.07) is 7.29. The first-order valence-electron chi connectivity index (χ1n) is 13.5. The van der Waals surface area contributed by atoms with E-state index < -0.39 is 38.5 Å². The highest BCUT2D eigenvalue weighted by Crippen LogP contribution is 2.28. The minimum Gasteiger partial charge on any atom is -0.434 e. The lowest BCUT2D eigenvalue weighted by molar-refractivity contribution is 0.0535. The van der Waals surface area contributed by atoms with Crippen LogP contribution in [0.4, 0.5) is 4.79 Å². The van der Waals surface area contributed by atoms with Crippen molar-refractivity contribution < 1.29 is 14.3 Å². The zero-order valence-electron chi connectivity index (χ0n) is 23.9. The molecule has 0 saturated heterocycles. The van der Waals surface area contributed by atoms with Crippen LogP contribution in [0.2, 0.25) is 62.5 Å². The molecule has 0 atom stereocenters. The van der Waals surface area contributed by atoms with Crippen LogP contribution >= 0.6 is 0 Å². The van der Waals surface area contributed by atoms with E-state index in [1.807, 2.05) is 0 Å². The van der Waals surface area contributed by atoms with Gasteiger partial charge in [0.25, 0.3) is 0 Å². The number of hydrogen-bond donors (Lipinski definition) is 0. The number of ether oxygens (including phenoxy) is 2. The maximum atomic E-state index is 11.9. The minimum atomic E-state index is -1.71. The van der Waals surface area contributed by atoms with Gasteiger partial charge in [0.15, 0.2) is 0 Å². The number of carbonyl (C=O) groups is 1. The molecule has 36 heavy (non-hydrogen) atoms. The van der Waals surface area contributed by atoms with Gasteiger partial charge in [0.1, 0.15) is 16.1 Å². The Morgan fingerprint density at radius 3 is 1.11 bits per heavy atom. The van der Waals surface area contributed by atoms with E-state index in [0.29, 0.717) is 13.2 Å². The molecule has 0 fully saturated rings. The Bertz CT molecular complexity index is 639. The zero-order valence-corrected chi connectivity index (χ0v) is 27.9. The highest BCUT2D eigenvalue weighted by Gasteiger charge is 2.28. The van der Waals surface area contributed by atoms with E-state index in [1.165, 1.54) is 24.2 Å². The van der Waals surface area contributed by atoms with Crippen LogP contribution in [0.25, 0.3) is 0 Å². The molecule has 0 saturated carbocycles. The minimum absolute atomic E-state index is 0.440. The summed E-state index contributed by atoms with van der Waals surface area (Å²) in [5.74, 6) is 0. The van der Waals surface area contributed by atoms with E-state index in [0.717, 1.165) is 37.8 Å². The van der Waals surface area contributed by atoms with E-state index in [1.54, 1.807) is 0 Å². The standard InChI is InChI=1S/C29H54O3Si4/c1-11-35(12-2,13-3)27-25-33(7,8)23-19-17-21-31-29(30)32-22-18-20-24-34(9,10)26-28-36(14-4,15-5)16-6/h11-16H,1-6,17-28H2,7-10H3. The van der Waals surface area contributed by atoms with Crippen LogP contribution in [0.3, 0.4) is 0 Å². The van der Waals surface area contributed by atoms with Gasteiger partial charge in [0.2, 0.25) is 0 Å². The van der Waals surface area contributed by atoms with Crippen LogP contribution in [0.5, 0.6) is 0 Å². The average Bonchev–Trinajstić information content (AvgIpc) is 2.86.